The minimum Gasteiger partial charge on any atom is -0.472 e. The van der Waals surface area contributed by atoms with Crippen molar-refractivity contribution >= 4 is 5.97 Å². The van der Waals surface area contributed by atoms with Gasteiger partial charge in [0.05, 0.1) is 24.7 Å². The van der Waals surface area contributed by atoms with Gasteiger partial charge in [-0.1, -0.05) is 19.9 Å². The quantitative estimate of drug-likeness (QED) is 0.420. The molecule has 3 saturated heterocycles. The molecule has 4 heterocycles. The Morgan fingerprint density at radius 2 is 2.13 bits per heavy atom. The number of allylic oxidation sites excluding steroid dienone is 1. The molecular weight excluding hydrogens is 396 g/mol. The number of hydrogen-bond donors (Lipinski definition) is 1. The van der Waals surface area contributed by atoms with Crippen molar-refractivity contribution in [2.45, 2.75) is 90.5 Å². The number of aliphatic hydroxyl groups excluding tert-OH is 1. The van der Waals surface area contributed by atoms with Crippen LogP contribution in [-0.2, 0) is 19.0 Å². The highest BCUT2D eigenvalue weighted by Crippen LogP contribution is 2.74. The highest BCUT2D eigenvalue weighted by atomic mass is 16.6. The van der Waals surface area contributed by atoms with E-state index in [4.69, 9.17) is 18.6 Å². The van der Waals surface area contributed by atoms with Crippen molar-refractivity contribution in [1.82, 2.24) is 0 Å². The molecule has 1 aromatic rings. The highest BCUT2D eigenvalue weighted by molar-refractivity contribution is 5.87. The smallest absolute Gasteiger partial charge is 0.333 e. The van der Waals surface area contributed by atoms with E-state index in [1.807, 2.05) is 13.0 Å². The Morgan fingerprint density at radius 3 is 2.77 bits per heavy atom. The Balaban J connectivity index is 1.55. The predicted octanol–water partition coefficient (Wildman–Crippen LogP) is 4.54. The van der Waals surface area contributed by atoms with Crippen LogP contribution in [0.1, 0.15) is 72.0 Å². The molecule has 2 saturated carbocycles. The van der Waals surface area contributed by atoms with Gasteiger partial charge in [-0.3, -0.25) is 0 Å². The summed E-state index contributed by atoms with van der Waals surface area (Å²) in [5, 5.41) is 11.4. The third-order valence-electron chi connectivity index (χ3n) is 9.47. The molecule has 6 rings (SSSR count). The van der Waals surface area contributed by atoms with Crippen LogP contribution in [0.3, 0.4) is 0 Å². The Bertz CT molecular complexity index is 878. The molecule has 5 aliphatic rings. The minimum atomic E-state index is -0.894. The number of carbonyl (C=O) groups is 1. The van der Waals surface area contributed by atoms with E-state index in [-0.39, 0.29) is 41.0 Å². The molecule has 0 spiro atoms. The fraction of sp³-hybridized carbons (Fsp3) is 0.720. The summed E-state index contributed by atoms with van der Waals surface area (Å²) < 4.78 is 23.8. The molecule has 9 atom stereocenters. The maximum atomic E-state index is 12.7. The second-order valence-electron chi connectivity index (χ2n) is 10.5. The lowest BCUT2D eigenvalue weighted by atomic mass is 9.41. The summed E-state index contributed by atoms with van der Waals surface area (Å²) >= 11 is 0. The molecular formula is C25H34O6. The molecule has 6 heteroatoms. The number of fused-ring (bicyclic) bond motifs is 3. The van der Waals surface area contributed by atoms with Gasteiger partial charge in [-0.15, -0.1) is 0 Å². The third-order valence-corrected chi connectivity index (χ3v) is 9.47. The second-order valence-corrected chi connectivity index (χ2v) is 10.5. The van der Waals surface area contributed by atoms with E-state index in [2.05, 4.69) is 20.8 Å². The van der Waals surface area contributed by atoms with Crippen LogP contribution < -0.4 is 0 Å². The van der Waals surface area contributed by atoms with Crippen LogP contribution in [0.5, 0.6) is 0 Å². The van der Waals surface area contributed by atoms with Gasteiger partial charge in [-0.05, 0) is 64.4 Å². The van der Waals surface area contributed by atoms with Crippen LogP contribution in [0.4, 0.5) is 0 Å². The molecule has 5 fully saturated rings. The van der Waals surface area contributed by atoms with Crippen molar-refractivity contribution in [1.29, 1.82) is 0 Å². The van der Waals surface area contributed by atoms with Crippen LogP contribution in [0, 0.1) is 22.7 Å². The molecule has 1 aromatic heterocycles. The zero-order chi connectivity index (χ0) is 22.2. The minimum absolute atomic E-state index is 0.0279. The van der Waals surface area contributed by atoms with Gasteiger partial charge in [0.15, 0.2) is 6.29 Å². The molecule has 2 bridgehead atoms. The van der Waals surface area contributed by atoms with E-state index in [1.165, 1.54) is 0 Å². The number of ether oxygens (including phenoxy) is 3. The molecule has 2 aliphatic carbocycles. The topological polar surface area (TPSA) is 81.4 Å². The number of rotatable bonds is 5. The fourth-order valence-electron chi connectivity index (χ4n) is 7.22. The molecule has 170 valence electrons. The van der Waals surface area contributed by atoms with E-state index in [0.717, 1.165) is 24.8 Å². The van der Waals surface area contributed by atoms with E-state index in [0.29, 0.717) is 12.0 Å². The first-order valence-corrected chi connectivity index (χ1v) is 11.6. The third kappa shape index (κ3) is 2.71. The molecule has 0 unspecified atom stereocenters. The monoisotopic (exact) mass is 430 g/mol. The van der Waals surface area contributed by atoms with Crippen molar-refractivity contribution in [2.75, 3.05) is 0 Å². The summed E-state index contributed by atoms with van der Waals surface area (Å²) in [5.41, 5.74) is 0.451. The van der Waals surface area contributed by atoms with E-state index in [1.54, 1.807) is 25.5 Å². The van der Waals surface area contributed by atoms with Crippen LogP contribution >= 0.6 is 0 Å². The van der Waals surface area contributed by atoms with Gasteiger partial charge < -0.3 is 23.7 Å². The summed E-state index contributed by atoms with van der Waals surface area (Å²) in [5.74, 6) is 0.105. The van der Waals surface area contributed by atoms with Crippen LogP contribution in [0.2, 0.25) is 0 Å². The van der Waals surface area contributed by atoms with Gasteiger partial charge in [-0.2, -0.15) is 0 Å². The summed E-state index contributed by atoms with van der Waals surface area (Å²) in [6, 6.07) is 1.84. The Labute approximate surface area is 183 Å². The summed E-state index contributed by atoms with van der Waals surface area (Å²) in [6.07, 6.45) is 7.16. The molecule has 0 amide bonds. The molecule has 1 N–H and O–H groups in total. The van der Waals surface area contributed by atoms with Gasteiger partial charge in [-0.25, -0.2) is 4.79 Å². The summed E-state index contributed by atoms with van der Waals surface area (Å²) in [4.78, 5) is 12.7. The molecule has 3 aliphatic heterocycles. The molecule has 0 aromatic carbocycles. The first kappa shape index (κ1) is 21.2. The van der Waals surface area contributed by atoms with Gasteiger partial charge in [0.1, 0.15) is 11.7 Å². The van der Waals surface area contributed by atoms with Gasteiger partial charge >= 0.3 is 5.97 Å². The number of hydrogen-bond acceptors (Lipinski definition) is 6. The zero-order valence-electron chi connectivity index (χ0n) is 19.1. The van der Waals surface area contributed by atoms with Crippen molar-refractivity contribution in [3.63, 3.8) is 0 Å². The Morgan fingerprint density at radius 1 is 1.35 bits per heavy atom. The van der Waals surface area contributed by atoms with Crippen LogP contribution in [0.15, 0.2) is 34.7 Å². The highest BCUT2D eigenvalue weighted by Gasteiger charge is 2.79. The predicted molar refractivity (Wildman–Crippen MR) is 113 cm³/mol. The number of esters is 1. The van der Waals surface area contributed by atoms with E-state index in [9.17, 15) is 9.90 Å². The first-order chi connectivity index (χ1) is 14.7. The maximum absolute atomic E-state index is 12.7. The SMILES string of the molecule is CC=C(C)C(=O)O[C@H](C[C@@]12[C@H](C)C[C@H](O[C@H]1O)[C@@]1(C)[C@@H]2CC[C@H]2O[C@]21C)c1ccoc1. The second kappa shape index (κ2) is 6.93. The van der Waals surface area contributed by atoms with Crippen LogP contribution in [-0.4, -0.2) is 35.2 Å². The summed E-state index contributed by atoms with van der Waals surface area (Å²) in [6.45, 7) is 10.3. The van der Waals surface area contributed by atoms with Crippen molar-refractivity contribution in [2.24, 2.45) is 22.7 Å². The molecule has 6 nitrogen and oxygen atoms in total. The standard InChI is InChI=1S/C25H34O6/c1-6-14(2)21(26)29-17(16-9-10-28-13-16)12-25-15(3)11-20(30-22(25)27)23(4)18(25)7-8-19-24(23,5)31-19/h6,9-10,13,15,17-20,22,27H,7-8,11-12H2,1-5H3/t15-,17-,18+,19-,20+,22-,23-,24-,25+/m1/s1. The van der Waals surface area contributed by atoms with Crippen molar-refractivity contribution in [3.8, 4) is 0 Å². The Kier molecular flexibility index (Phi) is 4.75. The van der Waals surface area contributed by atoms with Crippen LogP contribution in [0.25, 0.3) is 0 Å². The number of furan rings is 1. The van der Waals surface area contributed by atoms with Crippen molar-refractivity contribution < 1.29 is 28.5 Å². The van der Waals surface area contributed by atoms with Gasteiger partial charge in [0.2, 0.25) is 0 Å². The summed E-state index contributed by atoms with van der Waals surface area (Å²) in [7, 11) is 0. The lowest BCUT2D eigenvalue weighted by molar-refractivity contribution is -0.368. The van der Waals surface area contributed by atoms with Gasteiger partial charge in [0.25, 0.3) is 0 Å². The number of epoxide rings is 1. The fourth-order valence-corrected chi connectivity index (χ4v) is 7.22. The molecule has 0 radical (unpaired) electrons. The average molecular weight is 431 g/mol. The molecule has 31 heavy (non-hydrogen) atoms. The normalized spacial score (nSPS) is 46.8. The number of aliphatic hydroxyl groups is 1. The van der Waals surface area contributed by atoms with Crippen molar-refractivity contribution in [3.05, 3.63) is 35.8 Å². The average Bonchev–Trinajstić information content (AvgIpc) is 3.16. The largest absolute Gasteiger partial charge is 0.472 e. The van der Waals surface area contributed by atoms with Gasteiger partial charge in [0, 0.05) is 22.0 Å². The zero-order valence-corrected chi connectivity index (χ0v) is 19.1. The first-order valence-electron chi connectivity index (χ1n) is 11.6. The van der Waals surface area contributed by atoms with E-state index >= 15 is 0 Å². The Hall–Kier alpha value is -1.63. The maximum Gasteiger partial charge on any atom is 0.333 e. The number of carbonyl (C=O) groups excluding carboxylic acids is 1. The lowest BCUT2D eigenvalue weighted by Crippen LogP contribution is -2.72. The van der Waals surface area contributed by atoms with E-state index < -0.39 is 17.8 Å². The lowest BCUT2D eigenvalue weighted by Gasteiger charge is -2.68.